The molecule has 2 aromatic rings. The molecule has 112 valence electrons. The van der Waals surface area contributed by atoms with Gasteiger partial charge in [-0.1, -0.05) is 17.7 Å². The molecule has 3 nitrogen and oxygen atoms in total. The number of anilines is 1. The first-order chi connectivity index (χ1) is 10.1. The Labute approximate surface area is 141 Å². The molecule has 0 fully saturated rings. The molecule has 0 aromatic heterocycles. The van der Waals surface area contributed by atoms with Crippen molar-refractivity contribution in [3.8, 4) is 11.5 Å². The second-order valence-electron chi connectivity index (χ2n) is 4.56. The van der Waals surface area contributed by atoms with Crippen molar-refractivity contribution in [2.75, 3.05) is 25.6 Å². The molecule has 0 saturated carbocycles. The number of benzene rings is 2. The number of rotatable bonds is 6. The summed E-state index contributed by atoms with van der Waals surface area (Å²) in [6, 6.07) is 12.1. The van der Waals surface area contributed by atoms with Crippen molar-refractivity contribution in [2.45, 2.75) is 6.92 Å². The Balaban J connectivity index is 1.86. The highest BCUT2D eigenvalue weighted by Gasteiger charge is 2.08. The Bertz CT molecular complexity index is 600. The molecule has 0 saturated heterocycles. The second-order valence-corrected chi connectivity index (χ2v) is 6.27. The van der Waals surface area contributed by atoms with Gasteiger partial charge in [0, 0.05) is 12.2 Å². The lowest BCUT2D eigenvalue weighted by atomic mass is 10.2. The van der Waals surface area contributed by atoms with Crippen molar-refractivity contribution in [3.05, 3.63) is 50.9 Å². The van der Waals surface area contributed by atoms with E-state index in [1.165, 1.54) is 5.56 Å². The number of nitrogens with one attached hydrogen (secondary N) is 1. The maximum Gasteiger partial charge on any atom is 0.134 e. The maximum atomic E-state index is 5.77. The van der Waals surface area contributed by atoms with Gasteiger partial charge in [0.15, 0.2) is 0 Å². The summed E-state index contributed by atoms with van der Waals surface area (Å²) in [6.07, 6.45) is 0. The van der Waals surface area contributed by atoms with E-state index in [4.69, 9.17) is 9.47 Å². The number of hydrogen-bond acceptors (Lipinski definition) is 3. The summed E-state index contributed by atoms with van der Waals surface area (Å²) >= 11 is 6.93. The fourth-order valence-corrected chi connectivity index (χ4v) is 2.73. The highest BCUT2D eigenvalue weighted by atomic mass is 79.9. The largest absolute Gasteiger partial charge is 0.496 e. The first-order valence-corrected chi connectivity index (χ1v) is 8.15. The van der Waals surface area contributed by atoms with Crippen molar-refractivity contribution < 1.29 is 9.47 Å². The number of hydrogen-bond donors (Lipinski definition) is 1. The van der Waals surface area contributed by atoms with Crippen LogP contribution in [0.1, 0.15) is 5.56 Å². The van der Waals surface area contributed by atoms with Crippen LogP contribution in [0.5, 0.6) is 11.5 Å². The monoisotopic (exact) mass is 413 g/mol. The first kappa shape index (κ1) is 16.2. The van der Waals surface area contributed by atoms with E-state index >= 15 is 0 Å². The van der Waals surface area contributed by atoms with Gasteiger partial charge in [0.05, 0.1) is 16.1 Å². The highest BCUT2D eigenvalue weighted by molar-refractivity contribution is 9.11. The zero-order valence-electron chi connectivity index (χ0n) is 12.0. The molecule has 0 aliphatic rings. The van der Waals surface area contributed by atoms with Crippen molar-refractivity contribution in [2.24, 2.45) is 0 Å². The minimum atomic E-state index is 0.575. The Morgan fingerprint density at radius 3 is 2.29 bits per heavy atom. The molecule has 21 heavy (non-hydrogen) atoms. The van der Waals surface area contributed by atoms with Crippen LogP contribution in [-0.4, -0.2) is 20.3 Å². The number of halogens is 2. The smallest absolute Gasteiger partial charge is 0.134 e. The van der Waals surface area contributed by atoms with Gasteiger partial charge in [-0.3, -0.25) is 0 Å². The van der Waals surface area contributed by atoms with Crippen LogP contribution in [0.4, 0.5) is 5.69 Å². The van der Waals surface area contributed by atoms with Gasteiger partial charge in [0.1, 0.15) is 18.1 Å². The normalized spacial score (nSPS) is 10.3. The van der Waals surface area contributed by atoms with Crippen LogP contribution in [-0.2, 0) is 0 Å². The summed E-state index contributed by atoms with van der Waals surface area (Å²) < 4.78 is 12.7. The molecule has 0 heterocycles. The van der Waals surface area contributed by atoms with Crippen molar-refractivity contribution in [1.29, 1.82) is 0 Å². The van der Waals surface area contributed by atoms with Gasteiger partial charge in [-0.15, -0.1) is 0 Å². The van der Waals surface area contributed by atoms with Crippen molar-refractivity contribution >= 4 is 37.5 Å². The molecule has 0 bridgehead atoms. The van der Waals surface area contributed by atoms with E-state index in [1.807, 2.05) is 12.1 Å². The van der Waals surface area contributed by atoms with Crippen LogP contribution in [0.3, 0.4) is 0 Å². The maximum absolute atomic E-state index is 5.77. The van der Waals surface area contributed by atoms with E-state index < -0.39 is 0 Å². The number of methoxy groups -OCH3 is 1. The molecule has 0 aliphatic heterocycles. The van der Waals surface area contributed by atoms with E-state index in [9.17, 15) is 0 Å². The molecule has 0 radical (unpaired) electrons. The third-order valence-electron chi connectivity index (χ3n) is 2.95. The standard InChI is InChI=1S/C16H17Br2NO2/c1-11-3-5-12(6-4-11)19-7-8-21-16-10-13(17)15(20-2)9-14(16)18/h3-6,9-10,19H,7-8H2,1-2H3. The minimum Gasteiger partial charge on any atom is -0.496 e. The number of ether oxygens (including phenoxy) is 2. The molecule has 1 N–H and O–H groups in total. The van der Waals surface area contributed by atoms with E-state index in [-0.39, 0.29) is 0 Å². The molecule has 0 spiro atoms. The van der Waals surface area contributed by atoms with Crippen LogP contribution in [0.25, 0.3) is 0 Å². The third kappa shape index (κ3) is 4.64. The Kier molecular flexibility index (Phi) is 5.94. The zero-order valence-corrected chi connectivity index (χ0v) is 15.1. The van der Waals surface area contributed by atoms with Crippen LogP contribution in [0.2, 0.25) is 0 Å². The van der Waals surface area contributed by atoms with E-state index in [0.29, 0.717) is 6.61 Å². The molecule has 0 amide bonds. The van der Waals surface area contributed by atoms with E-state index in [0.717, 1.165) is 32.7 Å². The third-order valence-corrected chi connectivity index (χ3v) is 4.19. The lowest BCUT2D eigenvalue weighted by molar-refractivity contribution is 0.329. The molecule has 0 atom stereocenters. The summed E-state index contributed by atoms with van der Waals surface area (Å²) in [5.74, 6) is 1.56. The second kappa shape index (κ2) is 7.71. The average molecular weight is 415 g/mol. The average Bonchev–Trinajstić information content (AvgIpc) is 2.48. The van der Waals surface area contributed by atoms with Crippen LogP contribution in [0.15, 0.2) is 45.3 Å². The molecule has 2 aromatic carbocycles. The topological polar surface area (TPSA) is 30.5 Å². The Morgan fingerprint density at radius 2 is 1.62 bits per heavy atom. The van der Waals surface area contributed by atoms with Gasteiger partial charge >= 0.3 is 0 Å². The van der Waals surface area contributed by atoms with Gasteiger partial charge in [-0.05, 0) is 63.0 Å². The summed E-state index contributed by atoms with van der Waals surface area (Å²) in [5.41, 5.74) is 2.35. The first-order valence-electron chi connectivity index (χ1n) is 6.56. The van der Waals surface area contributed by atoms with Gasteiger partial charge in [0.2, 0.25) is 0 Å². The highest BCUT2D eigenvalue weighted by Crippen LogP contribution is 2.35. The molecule has 5 heteroatoms. The van der Waals surface area contributed by atoms with Crippen LogP contribution >= 0.6 is 31.9 Å². The lowest BCUT2D eigenvalue weighted by Gasteiger charge is -2.12. The lowest BCUT2D eigenvalue weighted by Crippen LogP contribution is -2.11. The minimum absolute atomic E-state index is 0.575. The fraction of sp³-hybridized carbons (Fsp3) is 0.250. The van der Waals surface area contributed by atoms with Crippen LogP contribution in [0, 0.1) is 6.92 Å². The van der Waals surface area contributed by atoms with Crippen molar-refractivity contribution in [1.82, 2.24) is 0 Å². The van der Waals surface area contributed by atoms with Gasteiger partial charge in [-0.2, -0.15) is 0 Å². The Morgan fingerprint density at radius 1 is 1.00 bits per heavy atom. The van der Waals surface area contributed by atoms with Gasteiger partial charge < -0.3 is 14.8 Å². The summed E-state index contributed by atoms with van der Waals surface area (Å²) in [6.45, 7) is 3.39. The Hall–Kier alpha value is -1.20. The predicted molar refractivity (Wildman–Crippen MR) is 93.6 cm³/mol. The molecular weight excluding hydrogens is 398 g/mol. The van der Waals surface area contributed by atoms with Crippen LogP contribution < -0.4 is 14.8 Å². The predicted octanol–water partition coefficient (Wildman–Crippen LogP) is 5.02. The molecular formula is C16H17Br2NO2. The molecule has 0 aliphatic carbocycles. The fourth-order valence-electron chi connectivity index (χ4n) is 1.81. The van der Waals surface area contributed by atoms with Gasteiger partial charge in [0.25, 0.3) is 0 Å². The summed E-state index contributed by atoms with van der Waals surface area (Å²) in [5, 5.41) is 3.32. The van der Waals surface area contributed by atoms with E-state index in [2.05, 4.69) is 68.4 Å². The molecule has 2 rings (SSSR count). The summed E-state index contributed by atoms with van der Waals surface area (Å²) in [7, 11) is 1.64. The SMILES string of the molecule is COc1cc(Br)c(OCCNc2ccc(C)cc2)cc1Br. The number of aryl methyl sites for hydroxylation is 1. The molecule has 0 unspecified atom stereocenters. The van der Waals surface area contributed by atoms with E-state index in [1.54, 1.807) is 7.11 Å². The summed E-state index contributed by atoms with van der Waals surface area (Å²) in [4.78, 5) is 0. The van der Waals surface area contributed by atoms with Gasteiger partial charge in [-0.25, -0.2) is 0 Å². The quantitative estimate of drug-likeness (QED) is 0.673. The van der Waals surface area contributed by atoms with Crippen molar-refractivity contribution in [3.63, 3.8) is 0 Å². The zero-order chi connectivity index (χ0) is 15.2.